The number of sulfonamides is 1. The lowest BCUT2D eigenvalue weighted by molar-refractivity contribution is -0.137. The standard InChI is InChI=1S/C22H26F3N3O3S/c1-15-12-18(13-20(16(15)2)32(30,31)26-3)21(29)28-10-8-27(9-11-28)14-17-4-6-19(7-5-17)22(23,24)25/h4-7,12-13,26H,8-11,14H2,1-3H3. The summed E-state index contributed by atoms with van der Waals surface area (Å²) in [4.78, 5) is 16.8. The molecule has 174 valence electrons. The van der Waals surface area contributed by atoms with E-state index in [0.29, 0.717) is 49.4 Å². The van der Waals surface area contributed by atoms with Gasteiger partial charge in [0.05, 0.1) is 10.5 Å². The van der Waals surface area contributed by atoms with Crippen LogP contribution in [0.2, 0.25) is 0 Å². The van der Waals surface area contributed by atoms with Gasteiger partial charge >= 0.3 is 6.18 Å². The number of piperazine rings is 1. The van der Waals surface area contributed by atoms with E-state index in [1.807, 2.05) is 0 Å². The van der Waals surface area contributed by atoms with Crippen molar-refractivity contribution in [3.8, 4) is 0 Å². The molecule has 1 heterocycles. The SMILES string of the molecule is CNS(=O)(=O)c1cc(C(=O)N2CCN(Cc3ccc(C(F)(F)F)cc3)CC2)cc(C)c1C. The van der Waals surface area contributed by atoms with E-state index in [-0.39, 0.29) is 10.8 Å². The van der Waals surface area contributed by atoms with Crippen molar-refractivity contribution >= 4 is 15.9 Å². The van der Waals surface area contributed by atoms with Gasteiger partial charge in [-0.1, -0.05) is 12.1 Å². The van der Waals surface area contributed by atoms with Crippen molar-refractivity contribution in [2.45, 2.75) is 31.5 Å². The first kappa shape index (κ1) is 24.2. The van der Waals surface area contributed by atoms with Crippen LogP contribution in [0, 0.1) is 13.8 Å². The number of benzene rings is 2. The lowest BCUT2D eigenvalue weighted by Crippen LogP contribution is -2.48. The lowest BCUT2D eigenvalue weighted by atomic mass is 10.0. The van der Waals surface area contributed by atoms with Crippen LogP contribution in [0.15, 0.2) is 41.3 Å². The van der Waals surface area contributed by atoms with Crippen molar-refractivity contribution in [3.05, 3.63) is 64.2 Å². The van der Waals surface area contributed by atoms with E-state index in [0.717, 1.165) is 17.7 Å². The van der Waals surface area contributed by atoms with Gasteiger partial charge < -0.3 is 4.90 Å². The molecule has 0 spiro atoms. The molecule has 2 aromatic carbocycles. The maximum atomic E-state index is 13.0. The largest absolute Gasteiger partial charge is 0.416 e. The molecule has 10 heteroatoms. The highest BCUT2D eigenvalue weighted by atomic mass is 32.2. The number of carbonyl (C=O) groups is 1. The smallest absolute Gasteiger partial charge is 0.336 e. The van der Waals surface area contributed by atoms with Crippen LogP contribution in [0.3, 0.4) is 0 Å². The van der Waals surface area contributed by atoms with Crippen LogP contribution in [0.1, 0.15) is 32.6 Å². The minimum atomic E-state index is -4.36. The molecule has 0 bridgehead atoms. The molecule has 1 amide bonds. The molecule has 0 saturated carbocycles. The average Bonchev–Trinajstić information content (AvgIpc) is 2.75. The van der Waals surface area contributed by atoms with Gasteiger partial charge in [-0.2, -0.15) is 13.2 Å². The fourth-order valence-electron chi connectivity index (χ4n) is 3.69. The zero-order valence-corrected chi connectivity index (χ0v) is 19.0. The summed E-state index contributed by atoms with van der Waals surface area (Å²) in [6, 6.07) is 8.20. The number of halogens is 3. The highest BCUT2D eigenvalue weighted by Crippen LogP contribution is 2.29. The van der Waals surface area contributed by atoms with E-state index in [9.17, 15) is 26.4 Å². The lowest BCUT2D eigenvalue weighted by Gasteiger charge is -2.35. The first-order valence-electron chi connectivity index (χ1n) is 10.1. The van der Waals surface area contributed by atoms with E-state index >= 15 is 0 Å². The van der Waals surface area contributed by atoms with Crippen LogP contribution in [0.4, 0.5) is 13.2 Å². The van der Waals surface area contributed by atoms with Crippen molar-refractivity contribution in [2.75, 3.05) is 33.2 Å². The predicted molar refractivity (Wildman–Crippen MR) is 115 cm³/mol. The van der Waals surface area contributed by atoms with Gasteiger partial charge in [0.1, 0.15) is 0 Å². The normalized spacial score (nSPS) is 15.8. The average molecular weight is 470 g/mol. The van der Waals surface area contributed by atoms with Gasteiger partial charge in [0, 0.05) is 38.3 Å². The molecule has 0 unspecified atom stereocenters. The van der Waals surface area contributed by atoms with Crippen LogP contribution >= 0.6 is 0 Å². The third-order valence-electron chi connectivity index (χ3n) is 5.77. The van der Waals surface area contributed by atoms with Gasteiger partial charge in [-0.05, 0) is 61.9 Å². The molecule has 1 saturated heterocycles. The first-order valence-corrected chi connectivity index (χ1v) is 11.6. The molecule has 1 aliphatic heterocycles. The summed E-state index contributed by atoms with van der Waals surface area (Å²) in [5.41, 5.74) is 1.72. The number of rotatable bonds is 5. The maximum absolute atomic E-state index is 13.0. The Kier molecular flexibility index (Phi) is 6.97. The monoisotopic (exact) mass is 469 g/mol. The number of hydrogen-bond acceptors (Lipinski definition) is 4. The fraction of sp³-hybridized carbons (Fsp3) is 0.409. The molecule has 1 aliphatic rings. The number of alkyl halides is 3. The highest BCUT2D eigenvalue weighted by Gasteiger charge is 2.30. The highest BCUT2D eigenvalue weighted by molar-refractivity contribution is 7.89. The Labute approximate surface area is 186 Å². The summed E-state index contributed by atoms with van der Waals surface area (Å²) < 4.78 is 65.0. The Morgan fingerprint density at radius 3 is 2.16 bits per heavy atom. The van der Waals surface area contributed by atoms with Crippen LogP contribution in [-0.2, 0) is 22.7 Å². The van der Waals surface area contributed by atoms with E-state index in [1.165, 1.54) is 25.2 Å². The van der Waals surface area contributed by atoms with Crippen molar-refractivity contribution in [1.29, 1.82) is 0 Å². The zero-order chi connectivity index (χ0) is 23.7. The maximum Gasteiger partial charge on any atom is 0.416 e. The minimum absolute atomic E-state index is 0.0873. The first-order chi connectivity index (χ1) is 14.9. The summed E-state index contributed by atoms with van der Waals surface area (Å²) in [5.74, 6) is -0.241. The zero-order valence-electron chi connectivity index (χ0n) is 18.2. The minimum Gasteiger partial charge on any atom is -0.336 e. The quantitative estimate of drug-likeness (QED) is 0.730. The van der Waals surface area contributed by atoms with Crippen LogP contribution in [0.25, 0.3) is 0 Å². The molecule has 0 atom stereocenters. The van der Waals surface area contributed by atoms with E-state index < -0.39 is 21.8 Å². The molecule has 32 heavy (non-hydrogen) atoms. The summed E-state index contributed by atoms with van der Waals surface area (Å²) in [7, 11) is -2.37. The second-order valence-corrected chi connectivity index (χ2v) is 9.74. The molecule has 0 aromatic heterocycles. The summed E-state index contributed by atoms with van der Waals surface area (Å²) in [6.45, 7) is 5.99. The third kappa shape index (κ3) is 5.31. The molecule has 0 aliphatic carbocycles. The Hall–Kier alpha value is -2.43. The van der Waals surface area contributed by atoms with Gasteiger partial charge in [0.15, 0.2) is 0 Å². The van der Waals surface area contributed by atoms with Gasteiger partial charge in [-0.25, -0.2) is 13.1 Å². The number of nitrogens with one attached hydrogen (secondary N) is 1. The van der Waals surface area contributed by atoms with Gasteiger partial charge in [0.25, 0.3) is 5.91 Å². The van der Waals surface area contributed by atoms with Crippen LogP contribution in [-0.4, -0.2) is 57.4 Å². The molecule has 3 rings (SSSR count). The number of amides is 1. The van der Waals surface area contributed by atoms with Gasteiger partial charge in [-0.3, -0.25) is 9.69 Å². The predicted octanol–water partition coefficient (Wildman–Crippen LogP) is 3.19. The molecular formula is C22H26F3N3O3S. The van der Waals surface area contributed by atoms with Crippen LogP contribution < -0.4 is 4.72 Å². The molecule has 0 radical (unpaired) electrons. The Morgan fingerprint density at radius 2 is 1.62 bits per heavy atom. The van der Waals surface area contributed by atoms with E-state index in [2.05, 4.69) is 9.62 Å². The number of hydrogen-bond donors (Lipinski definition) is 1. The third-order valence-corrected chi connectivity index (χ3v) is 7.31. The molecular weight excluding hydrogens is 443 g/mol. The topological polar surface area (TPSA) is 69.7 Å². The molecule has 1 N–H and O–H groups in total. The molecule has 6 nitrogen and oxygen atoms in total. The van der Waals surface area contributed by atoms with Crippen molar-refractivity contribution in [3.63, 3.8) is 0 Å². The summed E-state index contributed by atoms with van der Waals surface area (Å²) in [6.07, 6.45) is -4.36. The number of carbonyl (C=O) groups excluding carboxylic acids is 1. The van der Waals surface area contributed by atoms with Crippen molar-refractivity contribution in [2.24, 2.45) is 0 Å². The summed E-state index contributed by atoms with van der Waals surface area (Å²) in [5, 5.41) is 0. The van der Waals surface area contributed by atoms with E-state index in [4.69, 9.17) is 0 Å². The van der Waals surface area contributed by atoms with E-state index in [1.54, 1.807) is 24.8 Å². The van der Waals surface area contributed by atoms with Crippen LogP contribution in [0.5, 0.6) is 0 Å². The second kappa shape index (κ2) is 9.21. The fourth-order valence-corrected chi connectivity index (χ4v) is 4.75. The Bertz CT molecular complexity index is 1090. The van der Waals surface area contributed by atoms with Gasteiger partial charge in [-0.15, -0.1) is 0 Å². The summed E-state index contributed by atoms with van der Waals surface area (Å²) >= 11 is 0. The number of nitrogens with zero attached hydrogens (tertiary/aromatic N) is 2. The van der Waals surface area contributed by atoms with Crippen molar-refractivity contribution in [1.82, 2.24) is 14.5 Å². The number of aryl methyl sites for hydroxylation is 1. The second-order valence-electron chi connectivity index (χ2n) is 7.89. The Morgan fingerprint density at radius 1 is 1.03 bits per heavy atom. The van der Waals surface area contributed by atoms with Crippen molar-refractivity contribution < 1.29 is 26.4 Å². The molecule has 1 fully saturated rings. The Balaban J connectivity index is 1.66. The molecule has 2 aromatic rings. The van der Waals surface area contributed by atoms with Gasteiger partial charge in [0.2, 0.25) is 10.0 Å².